The predicted octanol–water partition coefficient (Wildman–Crippen LogP) is 2.38. The molecule has 1 N–H and O–H groups in total. The van der Waals surface area contributed by atoms with Crippen molar-refractivity contribution < 1.29 is 18.6 Å². The molecule has 2 nitrogen and oxygen atoms in total. The highest BCUT2D eigenvalue weighted by molar-refractivity contribution is 9.09. The molecule has 0 aliphatic carbocycles. The minimum Gasteiger partial charge on any atom is -0.395 e. The summed E-state index contributed by atoms with van der Waals surface area (Å²) in [7, 11) is 0. The van der Waals surface area contributed by atoms with Gasteiger partial charge in [-0.1, -0.05) is 22.0 Å². The van der Waals surface area contributed by atoms with E-state index in [2.05, 4.69) is 15.9 Å². The molecule has 1 aliphatic rings. The van der Waals surface area contributed by atoms with Gasteiger partial charge in [-0.15, -0.1) is 0 Å². The number of alkyl halides is 1. The molecule has 5 heteroatoms. The van der Waals surface area contributed by atoms with E-state index in [4.69, 9.17) is 4.74 Å². The van der Waals surface area contributed by atoms with Gasteiger partial charge in [0.1, 0.15) is 11.6 Å². The highest BCUT2D eigenvalue weighted by Crippen LogP contribution is 2.38. The second kappa shape index (κ2) is 5.00. The molecule has 1 saturated heterocycles. The van der Waals surface area contributed by atoms with Crippen molar-refractivity contribution in [3.63, 3.8) is 0 Å². The lowest BCUT2D eigenvalue weighted by Crippen LogP contribution is -2.32. The zero-order valence-electron chi connectivity index (χ0n) is 9.13. The Bertz CT molecular complexity index is 413. The molecular formula is C12H13BrF2O2. The molecule has 1 fully saturated rings. The number of hydrogen-bond donors (Lipinski definition) is 1. The minimum atomic E-state index is -0.754. The van der Waals surface area contributed by atoms with Crippen LogP contribution in [0.1, 0.15) is 12.0 Å². The summed E-state index contributed by atoms with van der Waals surface area (Å²) in [6, 6.07) is 3.44. The highest BCUT2D eigenvalue weighted by Gasteiger charge is 2.42. The van der Waals surface area contributed by atoms with Gasteiger partial charge in [-0.3, -0.25) is 0 Å². The van der Waals surface area contributed by atoms with Crippen LogP contribution in [-0.2, 0) is 10.2 Å². The van der Waals surface area contributed by atoms with E-state index in [9.17, 15) is 13.9 Å². The Morgan fingerprint density at radius 3 is 2.76 bits per heavy atom. The summed E-state index contributed by atoms with van der Waals surface area (Å²) in [6.07, 6.45) is 0.476. The van der Waals surface area contributed by atoms with Crippen molar-refractivity contribution in [3.05, 3.63) is 35.4 Å². The largest absolute Gasteiger partial charge is 0.395 e. The van der Waals surface area contributed by atoms with Gasteiger partial charge in [0.25, 0.3) is 0 Å². The summed E-state index contributed by atoms with van der Waals surface area (Å²) in [4.78, 5) is 0. The van der Waals surface area contributed by atoms with E-state index in [0.717, 1.165) is 6.07 Å². The van der Waals surface area contributed by atoms with E-state index >= 15 is 0 Å². The number of ether oxygens (including phenoxy) is 1. The first-order valence-corrected chi connectivity index (χ1v) is 6.47. The molecule has 0 bridgehead atoms. The Labute approximate surface area is 107 Å². The van der Waals surface area contributed by atoms with Crippen LogP contribution < -0.4 is 0 Å². The average Bonchev–Trinajstić information content (AvgIpc) is 2.74. The van der Waals surface area contributed by atoms with Crippen LogP contribution in [0.5, 0.6) is 0 Å². The Hall–Kier alpha value is -0.520. The zero-order valence-corrected chi connectivity index (χ0v) is 10.7. The van der Waals surface area contributed by atoms with Gasteiger partial charge >= 0.3 is 0 Å². The van der Waals surface area contributed by atoms with Gasteiger partial charge in [0.2, 0.25) is 0 Å². The molecule has 2 rings (SSSR count). The van der Waals surface area contributed by atoms with Gasteiger partial charge in [-0.05, 0) is 18.1 Å². The number of hydrogen-bond acceptors (Lipinski definition) is 2. The fourth-order valence-corrected chi connectivity index (χ4v) is 2.65. The Kier molecular flexibility index (Phi) is 3.80. The van der Waals surface area contributed by atoms with E-state index in [1.807, 2.05) is 0 Å². The number of halogens is 3. The summed E-state index contributed by atoms with van der Waals surface area (Å²) < 4.78 is 32.1. The molecule has 0 unspecified atom stereocenters. The van der Waals surface area contributed by atoms with Crippen molar-refractivity contribution in [2.45, 2.75) is 17.9 Å². The first-order chi connectivity index (χ1) is 8.11. The van der Waals surface area contributed by atoms with E-state index in [-0.39, 0.29) is 19.3 Å². The lowest BCUT2D eigenvalue weighted by Gasteiger charge is -2.26. The fourth-order valence-electron chi connectivity index (χ4n) is 2.23. The van der Waals surface area contributed by atoms with Crippen LogP contribution in [0, 0.1) is 11.6 Å². The van der Waals surface area contributed by atoms with Crippen LogP contribution in [0.2, 0.25) is 0 Å². The van der Waals surface area contributed by atoms with Crippen LogP contribution in [0.25, 0.3) is 0 Å². The van der Waals surface area contributed by atoms with Gasteiger partial charge in [-0.2, -0.15) is 0 Å². The van der Waals surface area contributed by atoms with Crippen molar-refractivity contribution >= 4 is 15.9 Å². The van der Waals surface area contributed by atoms with E-state index < -0.39 is 17.0 Å². The standard InChI is InChI=1S/C12H13BrF2O2/c13-5-9-4-12(6-16,7-17-9)10-2-1-8(14)3-11(10)15/h1-3,9,16H,4-7H2/t9-,12+/m0/s1. The molecular weight excluding hydrogens is 294 g/mol. The van der Waals surface area contributed by atoms with Gasteiger partial charge in [-0.25, -0.2) is 8.78 Å². The monoisotopic (exact) mass is 306 g/mol. The molecule has 0 aromatic heterocycles. The summed E-state index contributed by atoms with van der Waals surface area (Å²) in [5.41, 5.74) is -0.430. The van der Waals surface area contributed by atoms with Gasteiger partial charge in [0, 0.05) is 16.8 Å². The summed E-state index contributed by atoms with van der Waals surface area (Å²) in [5, 5.41) is 10.2. The number of benzene rings is 1. The molecule has 1 aromatic carbocycles. The molecule has 0 spiro atoms. The summed E-state index contributed by atoms with van der Waals surface area (Å²) >= 11 is 3.30. The van der Waals surface area contributed by atoms with Crippen LogP contribution in [0.15, 0.2) is 18.2 Å². The average molecular weight is 307 g/mol. The molecule has 1 heterocycles. The first-order valence-electron chi connectivity index (χ1n) is 5.35. The van der Waals surface area contributed by atoms with Crippen LogP contribution in [-0.4, -0.2) is 29.8 Å². The maximum atomic E-state index is 13.7. The van der Waals surface area contributed by atoms with Gasteiger partial charge < -0.3 is 9.84 Å². The van der Waals surface area contributed by atoms with Crippen LogP contribution >= 0.6 is 15.9 Å². The molecule has 0 saturated carbocycles. The quantitative estimate of drug-likeness (QED) is 0.869. The Balaban J connectivity index is 2.35. The number of rotatable bonds is 3. The molecule has 94 valence electrons. The van der Waals surface area contributed by atoms with Crippen LogP contribution in [0.4, 0.5) is 8.78 Å². The van der Waals surface area contributed by atoms with Crippen molar-refractivity contribution in [1.29, 1.82) is 0 Å². The predicted molar refractivity (Wildman–Crippen MR) is 63.3 cm³/mol. The SMILES string of the molecule is OC[C@@]1(c2ccc(F)cc2F)CO[C@H](CBr)C1. The second-order valence-corrected chi connectivity index (χ2v) is 5.00. The summed E-state index contributed by atoms with van der Waals surface area (Å²) in [5.74, 6) is -1.24. The minimum absolute atomic E-state index is 0.0494. The molecule has 1 aliphatic heterocycles. The third-order valence-corrected chi connectivity index (χ3v) is 3.91. The number of aliphatic hydroxyl groups is 1. The van der Waals surface area contributed by atoms with Gasteiger partial charge in [0.05, 0.1) is 19.3 Å². The molecule has 2 atom stereocenters. The maximum Gasteiger partial charge on any atom is 0.130 e. The third-order valence-electron chi connectivity index (χ3n) is 3.19. The topological polar surface area (TPSA) is 29.5 Å². The van der Waals surface area contributed by atoms with Crippen molar-refractivity contribution in [2.75, 3.05) is 18.5 Å². The second-order valence-electron chi connectivity index (χ2n) is 4.35. The van der Waals surface area contributed by atoms with Gasteiger partial charge in [0.15, 0.2) is 0 Å². The third kappa shape index (κ3) is 2.37. The normalized spacial score (nSPS) is 28.6. The molecule has 1 aromatic rings. The Morgan fingerprint density at radius 2 is 2.24 bits per heavy atom. The van der Waals surface area contributed by atoms with Crippen molar-refractivity contribution in [1.82, 2.24) is 0 Å². The zero-order chi connectivity index (χ0) is 12.5. The summed E-state index contributed by atoms with van der Waals surface area (Å²) in [6.45, 7) is 0.0430. The van der Waals surface area contributed by atoms with E-state index in [1.165, 1.54) is 12.1 Å². The first kappa shape index (κ1) is 12.9. The van der Waals surface area contributed by atoms with Crippen molar-refractivity contribution in [2.24, 2.45) is 0 Å². The van der Waals surface area contributed by atoms with Crippen molar-refractivity contribution in [3.8, 4) is 0 Å². The smallest absolute Gasteiger partial charge is 0.130 e. The fraction of sp³-hybridized carbons (Fsp3) is 0.500. The lowest BCUT2D eigenvalue weighted by molar-refractivity contribution is 0.106. The number of aliphatic hydroxyl groups excluding tert-OH is 1. The molecule has 0 radical (unpaired) electrons. The van der Waals surface area contributed by atoms with E-state index in [0.29, 0.717) is 17.3 Å². The van der Waals surface area contributed by atoms with E-state index in [1.54, 1.807) is 0 Å². The lowest BCUT2D eigenvalue weighted by atomic mass is 9.79. The molecule has 0 amide bonds. The molecule has 17 heavy (non-hydrogen) atoms. The maximum absolute atomic E-state index is 13.7. The van der Waals surface area contributed by atoms with Crippen LogP contribution in [0.3, 0.4) is 0 Å². The Morgan fingerprint density at radius 1 is 1.47 bits per heavy atom. The highest BCUT2D eigenvalue weighted by atomic mass is 79.9.